The lowest BCUT2D eigenvalue weighted by molar-refractivity contribution is 0.339. The van der Waals surface area contributed by atoms with Gasteiger partial charge in [-0.05, 0) is 37.7 Å². The van der Waals surface area contributed by atoms with E-state index in [2.05, 4.69) is 35.6 Å². The smallest absolute Gasteiger partial charge is 0.0145 e. The number of nitrogens with two attached hydrogens (primary N) is 1. The molecule has 0 saturated heterocycles. The van der Waals surface area contributed by atoms with E-state index in [9.17, 15) is 0 Å². The Kier molecular flexibility index (Phi) is 6.61. The van der Waals surface area contributed by atoms with Crippen molar-refractivity contribution in [1.29, 1.82) is 0 Å². The molecule has 3 N–H and O–H groups in total. The van der Waals surface area contributed by atoms with Gasteiger partial charge in [0.05, 0.1) is 0 Å². The molecular weight excluding hydrogens is 279 g/mol. The molecule has 0 amide bonds. The molecule has 2 atom stereocenters. The fourth-order valence-corrected chi connectivity index (χ4v) is 3.04. The van der Waals surface area contributed by atoms with Crippen LogP contribution >= 0.6 is 24.8 Å². The summed E-state index contributed by atoms with van der Waals surface area (Å²) in [5.41, 5.74) is 7.43. The first kappa shape index (κ1) is 16.8. The third-order valence-corrected chi connectivity index (χ3v) is 4.24. The van der Waals surface area contributed by atoms with Gasteiger partial charge in [0.15, 0.2) is 0 Å². The van der Waals surface area contributed by atoms with Gasteiger partial charge in [-0.3, -0.25) is 0 Å². The average molecular weight is 303 g/mol. The zero-order valence-electron chi connectivity index (χ0n) is 11.1. The summed E-state index contributed by atoms with van der Waals surface area (Å²) in [4.78, 5) is 0. The fourth-order valence-electron chi connectivity index (χ4n) is 3.04. The van der Waals surface area contributed by atoms with Crippen LogP contribution in [-0.2, 0) is 0 Å². The Bertz CT molecular complexity index is 364. The molecular formula is C15H24Cl2N2. The summed E-state index contributed by atoms with van der Waals surface area (Å²) >= 11 is 0. The van der Waals surface area contributed by atoms with Crippen molar-refractivity contribution in [3.05, 3.63) is 35.9 Å². The first-order chi connectivity index (χ1) is 8.33. The maximum atomic E-state index is 5.93. The third kappa shape index (κ3) is 4.35. The lowest BCUT2D eigenvalue weighted by atomic mass is 9.92. The maximum Gasteiger partial charge on any atom is 0.0145 e. The highest BCUT2D eigenvalue weighted by Gasteiger charge is 2.39. The van der Waals surface area contributed by atoms with Gasteiger partial charge in [-0.25, -0.2) is 0 Å². The van der Waals surface area contributed by atoms with Gasteiger partial charge in [-0.1, -0.05) is 30.3 Å². The van der Waals surface area contributed by atoms with E-state index in [1.165, 1.54) is 37.7 Å². The number of halogens is 2. The minimum atomic E-state index is 0. The maximum absolute atomic E-state index is 5.93. The number of rotatable bonds is 3. The third-order valence-electron chi connectivity index (χ3n) is 4.24. The predicted octanol–water partition coefficient (Wildman–Crippen LogP) is 3.25. The molecule has 2 saturated carbocycles. The summed E-state index contributed by atoms with van der Waals surface area (Å²) in [6.07, 6.45) is 6.23. The highest BCUT2D eigenvalue weighted by Crippen LogP contribution is 2.41. The molecule has 0 radical (unpaired) electrons. The monoisotopic (exact) mass is 302 g/mol. The molecule has 1 aromatic rings. The zero-order chi connectivity index (χ0) is 11.7. The topological polar surface area (TPSA) is 38.0 Å². The van der Waals surface area contributed by atoms with E-state index in [1.807, 2.05) is 0 Å². The van der Waals surface area contributed by atoms with E-state index in [0.717, 1.165) is 12.0 Å². The first-order valence-electron chi connectivity index (χ1n) is 6.89. The normalized spacial score (nSPS) is 32.9. The van der Waals surface area contributed by atoms with Gasteiger partial charge in [-0.2, -0.15) is 0 Å². The van der Waals surface area contributed by atoms with Crippen molar-refractivity contribution in [1.82, 2.24) is 5.32 Å². The summed E-state index contributed by atoms with van der Waals surface area (Å²) < 4.78 is 0. The van der Waals surface area contributed by atoms with Gasteiger partial charge >= 0.3 is 0 Å². The molecule has 0 aromatic heterocycles. The first-order valence-corrected chi connectivity index (χ1v) is 6.89. The molecule has 2 aliphatic rings. The van der Waals surface area contributed by atoms with Crippen LogP contribution in [0.3, 0.4) is 0 Å². The lowest BCUT2D eigenvalue weighted by Gasteiger charge is -2.27. The van der Waals surface area contributed by atoms with Crippen LogP contribution in [0, 0.1) is 0 Å². The Labute approximate surface area is 128 Å². The fraction of sp³-hybridized carbons (Fsp3) is 0.600. The van der Waals surface area contributed by atoms with Gasteiger partial charge in [0, 0.05) is 24.0 Å². The van der Waals surface area contributed by atoms with Crippen molar-refractivity contribution >= 4 is 24.8 Å². The van der Waals surface area contributed by atoms with Crippen LogP contribution in [0.1, 0.15) is 43.6 Å². The van der Waals surface area contributed by atoms with Crippen molar-refractivity contribution in [2.45, 2.75) is 56.1 Å². The molecule has 2 nitrogen and oxygen atoms in total. The van der Waals surface area contributed by atoms with Gasteiger partial charge in [-0.15, -0.1) is 24.8 Å². The van der Waals surface area contributed by atoms with E-state index >= 15 is 0 Å². The number of nitrogens with one attached hydrogen (secondary N) is 1. The van der Waals surface area contributed by atoms with Crippen LogP contribution in [0.15, 0.2) is 30.3 Å². The van der Waals surface area contributed by atoms with Gasteiger partial charge < -0.3 is 11.1 Å². The van der Waals surface area contributed by atoms with Crippen molar-refractivity contribution in [3.8, 4) is 0 Å². The zero-order valence-corrected chi connectivity index (χ0v) is 12.8. The second-order valence-electron chi connectivity index (χ2n) is 5.64. The predicted molar refractivity (Wildman–Crippen MR) is 85.5 cm³/mol. The highest BCUT2D eigenvalue weighted by atomic mass is 35.5. The van der Waals surface area contributed by atoms with Crippen LogP contribution in [-0.4, -0.2) is 18.1 Å². The molecule has 1 aromatic carbocycles. The molecule has 3 rings (SSSR count). The second kappa shape index (κ2) is 7.49. The summed E-state index contributed by atoms with van der Waals surface area (Å²) in [5, 5.41) is 3.81. The Hall–Kier alpha value is -0.280. The Morgan fingerprint density at radius 1 is 0.947 bits per heavy atom. The molecule has 0 bridgehead atoms. The van der Waals surface area contributed by atoms with E-state index in [-0.39, 0.29) is 24.8 Å². The number of benzene rings is 1. The van der Waals surface area contributed by atoms with Gasteiger partial charge in [0.25, 0.3) is 0 Å². The molecule has 2 aliphatic carbocycles. The molecule has 108 valence electrons. The average Bonchev–Trinajstić information content (AvgIpc) is 3.13. The quantitative estimate of drug-likeness (QED) is 0.899. The van der Waals surface area contributed by atoms with Gasteiger partial charge in [0.2, 0.25) is 0 Å². The number of hydrogen-bond acceptors (Lipinski definition) is 2. The largest absolute Gasteiger partial charge is 0.328 e. The molecule has 19 heavy (non-hydrogen) atoms. The summed E-state index contributed by atoms with van der Waals surface area (Å²) in [7, 11) is 0. The molecule has 0 aliphatic heterocycles. The molecule has 0 heterocycles. The Morgan fingerprint density at radius 3 is 2.21 bits per heavy atom. The second-order valence-corrected chi connectivity index (χ2v) is 5.64. The van der Waals surface area contributed by atoms with Gasteiger partial charge in [0.1, 0.15) is 0 Å². The number of hydrogen-bond donors (Lipinski definition) is 2. The van der Waals surface area contributed by atoms with Crippen LogP contribution < -0.4 is 11.1 Å². The Morgan fingerprint density at radius 2 is 1.58 bits per heavy atom. The lowest BCUT2D eigenvalue weighted by Crippen LogP contribution is -2.38. The molecule has 2 fully saturated rings. The minimum absolute atomic E-state index is 0. The SMILES string of the molecule is Cl.Cl.NC1CCC(NC2CC2c2ccccc2)CC1. The van der Waals surface area contributed by atoms with Crippen LogP contribution in [0.2, 0.25) is 0 Å². The standard InChI is InChI=1S/C15H22N2.2ClH/c16-12-6-8-13(9-7-12)17-15-10-14(15)11-4-2-1-3-5-11;;/h1-5,12-15,17H,6-10,16H2;2*1H. The molecule has 0 spiro atoms. The van der Waals surface area contributed by atoms with E-state index in [1.54, 1.807) is 0 Å². The van der Waals surface area contributed by atoms with E-state index < -0.39 is 0 Å². The minimum Gasteiger partial charge on any atom is -0.328 e. The molecule has 2 unspecified atom stereocenters. The Balaban J connectivity index is 0.000000902. The summed E-state index contributed by atoms with van der Waals surface area (Å²) in [6, 6.07) is 12.8. The molecule has 4 heteroatoms. The summed E-state index contributed by atoms with van der Waals surface area (Å²) in [6.45, 7) is 0. The van der Waals surface area contributed by atoms with Crippen LogP contribution in [0.4, 0.5) is 0 Å². The van der Waals surface area contributed by atoms with Crippen LogP contribution in [0.5, 0.6) is 0 Å². The van der Waals surface area contributed by atoms with Crippen LogP contribution in [0.25, 0.3) is 0 Å². The van der Waals surface area contributed by atoms with Crippen molar-refractivity contribution in [2.75, 3.05) is 0 Å². The van der Waals surface area contributed by atoms with Crippen molar-refractivity contribution < 1.29 is 0 Å². The van der Waals surface area contributed by atoms with Crippen molar-refractivity contribution in [2.24, 2.45) is 5.73 Å². The highest BCUT2D eigenvalue weighted by molar-refractivity contribution is 5.85. The summed E-state index contributed by atoms with van der Waals surface area (Å²) in [5.74, 6) is 0.756. The van der Waals surface area contributed by atoms with E-state index in [0.29, 0.717) is 12.1 Å². The van der Waals surface area contributed by atoms with Crippen molar-refractivity contribution in [3.63, 3.8) is 0 Å². The van der Waals surface area contributed by atoms with E-state index in [4.69, 9.17) is 5.73 Å².